The molecule has 0 spiro atoms. The van der Waals surface area contributed by atoms with E-state index < -0.39 is 50.5 Å². The lowest BCUT2D eigenvalue weighted by molar-refractivity contribution is 0.506. The van der Waals surface area contributed by atoms with Crippen LogP contribution in [0.4, 0.5) is 17.6 Å². The molecule has 2 aromatic heterocycles. The van der Waals surface area contributed by atoms with Crippen LogP contribution in [0.1, 0.15) is 0 Å². The van der Waals surface area contributed by atoms with Gasteiger partial charge in [-0.1, -0.05) is 11.6 Å². The van der Waals surface area contributed by atoms with E-state index in [1.54, 1.807) is 0 Å². The molecular weight excluding hydrogens is 504 g/mol. The van der Waals surface area contributed by atoms with Crippen LogP contribution in [0, 0.1) is 23.3 Å². The average molecular weight is 510 g/mol. The Balaban J connectivity index is 0.000000171. The lowest BCUT2D eigenvalue weighted by atomic mass is 10.3. The Labute approximate surface area is 173 Å². The number of rotatable bonds is 0. The van der Waals surface area contributed by atoms with Crippen molar-refractivity contribution < 1.29 is 17.6 Å². The van der Waals surface area contributed by atoms with Crippen molar-refractivity contribution in [2.24, 2.45) is 0 Å². The molecule has 4 rings (SSSR count). The highest BCUT2D eigenvalue weighted by Gasteiger charge is 2.14. The molecule has 0 unspecified atom stereocenters. The number of aromatic nitrogens is 4. The lowest BCUT2D eigenvalue weighted by Gasteiger charge is -2.01. The molecule has 2 aromatic carbocycles. The Morgan fingerprint density at radius 1 is 0.667 bits per heavy atom. The van der Waals surface area contributed by atoms with Gasteiger partial charge in [-0.25, -0.2) is 17.6 Å². The third kappa shape index (κ3) is 3.80. The zero-order chi connectivity index (χ0) is 22.3. The van der Waals surface area contributed by atoms with Crippen LogP contribution in [-0.2, 0) is 0 Å². The van der Waals surface area contributed by atoms with Crippen LogP contribution in [0.15, 0.2) is 35.8 Å². The molecule has 0 bridgehead atoms. The largest absolute Gasteiger partial charge is 0.316 e. The number of nitrogens with one attached hydrogen (secondary N) is 4. The van der Waals surface area contributed by atoms with Crippen LogP contribution in [-0.4, -0.2) is 19.9 Å². The zero-order valence-electron chi connectivity index (χ0n) is 14.1. The summed E-state index contributed by atoms with van der Waals surface area (Å²) in [6.07, 6.45) is 0. The molecule has 0 fully saturated rings. The van der Waals surface area contributed by atoms with Crippen molar-refractivity contribution in [2.75, 3.05) is 0 Å². The van der Waals surface area contributed by atoms with E-state index in [1.165, 1.54) is 0 Å². The van der Waals surface area contributed by atoms with Gasteiger partial charge in [-0.15, -0.1) is 0 Å². The molecule has 0 radical (unpaired) electrons. The molecule has 30 heavy (non-hydrogen) atoms. The molecule has 0 aliphatic carbocycles. The van der Waals surface area contributed by atoms with E-state index in [-0.39, 0.29) is 26.5 Å². The quantitative estimate of drug-likeness (QED) is 0.165. The van der Waals surface area contributed by atoms with E-state index in [4.69, 9.17) is 11.6 Å². The van der Waals surface area contributed by atoms with Crippen molar-refractivity contribution in [3.63, 3.8) is 0 Å². The Kier molecular flexibility index (Phi) is 5.67. The number of hydrogen-bond acceptors (Lipinski definition) is 4. The molecule has 14 heteroatoms. The molecule has 0 amide bonds. The molecule has 0 atom stereocenters. The van der Waals surface area contributed by atoms with E-state index >= 15 is 0 Å². The first kappa shape index (κ1) is 21.5. The van der Waals surface area contributed by atoms with Crippen LogP contribution >= 0.6 is 27.5 Å². The summed E-state index contributed by atoms with van der Waals surface area (Å²) >= 11 is 8.23. The minimum Gasteiger partial charge on any atom is -0.316 e. The maximum atomic E-state index is 13.1. The molecule has 4 aromatic rings. The van der Waals surface area contributed by atoms with Crippen molar-refractivity contribution in [3.8, 4) is 0 Å². The first-order valence-electron chi connectivity index (χ1n) is 7.61. The summed E-state index contributed by atoms with van der Waals surface area (Å²) in [7, 11) is 0. The molecule has 2 heterocycles. The van der Waals surface area contributed by atoms with E-state index in [0.717, 1.165) is 12.1 Å². The van der Waals surface area contributed by atoms with Gasteiger partial charge in [-0.2, -0.15) is 0 Å². The van der Waals surface area contributed by atoms with Crippen LogP contribution in [0.5, 0.6) is 0 Å². The van der Waals surface area contributed by atoms with E-state index in [9.17, 15) is 36.7 Å². The second-order valence-electron chi connectivity index (χ2n) is 5.63. The van der Waals surface area contributed by atoms with Crippen molar-refractivity contribution in [3.05, 3.63) is 86.3 Å². The van der Waals surface area contributed by atoms with Crippen molar-refractivity contribution in [2.45, 2.75) is 0 Å². The number of hydrogen-bond donors (Lipinski definition) is 4. The molecular formula is C16H6BrClF4N4O4. The predicted octanol–water partition coefficient (Wildman–Crippen LogP) is 2.41. The number of H-pyrrole nitrogens is 4. The highest BCUT2D eigenvalue weighted by Crippen LogP contribution is 2.25. The van der Waals surface area contributed by atoms with Gasteiger partial charge < -0.3 is 19.9 Å². The number of aromatic amines is 4. The van der Waals surface area contributed by atoms with Crippen LogP contribution in [0.3, 0.4) is 0 Å². The smallest absolute Gasteiger partial charge is 0.314 e. The van der Waals surface area contributed by atoms with Gasteiger partial charge in [0.1, 0.15) is 5.02 Å². The minimum atomic E-state index is -1.27. The molecule has 4 N–H and O–H groups in total. The zero-order valence-corrected chi connectivity index (χ0v) is 16.4. The standard InChI is InChI=1S/C8H3BrF2N2O2.C8H3ClF2N2O2/c2*9-4-5(11)2(10)1-3-6(4)13-8(15)7(14)12-3/h2*1H,(H,12,14)(H,13,15). The fraction of sp³-hybridized carbons (Fsp3) is 0. The molecule has 0 saturated heterocycles. The Bertz CT molecular complexity index is 1440. The summed E-state index contributed by atoms with van der Waals surface area (Å²) in [5.74, 6) is -4.70. The van der Waals surface area contributed by atoms with Crippen LogP contribution in [0.25, 0.3) is 22.1 Å². The first-order valence-corrected chi connectivity index (χ1v) is 8.78. The summed E-state index contributed by atoms with van der Waals surface area (Å²) in [6.45, 7) is 0. The maximum absolute atomic E-state index is 13.1. The normalized spacial score (nSPS) is 10.9. The third-order valence-corrected chi connectivity index (χ3v) is 4.81. The van der Waals surface area contributed by atoms with E-state index in [1.807, 2.05) is 0 Å². The Hall–Kier alpha value is -3.19. The van der Waals surface area contributed by atoms with Gasteiger partial charge in [-0.3, -0.25) is 19.2 Å². The second kappa shape index (κ2) is 7.91. The summed E-state index contributed by atoms with van der Waals surface area (Å²) in [5, 5.41) is -0.571. The van der Waals surface area contributed by atoms with Gasteiger partial charge in [-0.05, 0) is 15.9 Å². The minimum absolute atomic E-state index is 0.0125. The van der Waals surface area contributed by atoms with Gasteiger partial charge in [0.05, 0.1) is 26.5 Å². The lowest BCUT2D eigenvalue weighted by Crippen LogP contribution is -2.29. The van der Waals surface area contributed by atoms with Gasteiger partial charge in [0.15, 0.2) is 23.3 Å². The highest BCUT2D eigenvalue weighted by molar-refractivity contribution is 9.10. The van der Waals surface area contributed by atoms with Crippen LogP contribution < -0.4 is 22.2 Å². The average Bonchev–Trinajstić information content (AvgIpc) is 2.69. The van der Waals surface area contributed by atoms with Crippen molar-refractivity contribution >= 4 is 49.6 Å². The van der Waals surface area contributed by atoms with E-state index in [0.29, 0.717) is 0 Å². The fourth-order valence-corrected chi connectivity index (χ4v) is 3.07. The van der Waals surface area contributed by atoms with Gasteiger partial charge in [0.25, 0.3) is 0 Å². The fourth-order valence-electron chi connectivity index (χ4n) is 2.33. The summed E-state index contributed by atoms with van der Waals surface area (Å²) in [5.41, 5.74) is -3.94. The monoisotopic (exact) mass is 508 g/mol. The SMILES string of the molecule is O=c1[nH]c2cc(F)c(F)c(Br)c2[nH]c1=O.O=c1[nH]c2cc(F)c(F)c(Cl)c2[nH]c1=O. The number of halogens is 6. The molecule has 156 valence electrons. The Morgan fingerprint density at radius 2 is 1.07 bits per heavy atom. The third-order valence-electron chi connectivity index (χ3n) is 3.71. The number of benzene rings is 2. The number of fused-ring (bicyclic) bond motifs is 2. The first-order chi connectivity index (χ1) is 14.0. The molecule has 0 saturated carbocycles. The Morgan fingerprint density at radius 3 is 1.60 bits per heavy atom. The highest BCUT2D eigenvalue weighted by atomic mass is 79.9. The van der Waals surface area contributed by atoms with E-state index in [2.05, 4.69) is 35.9 Å². The molecule has 8 nitrogen and oxygen atoms in total. The summed E-state index contributed by atoms with van der Waals surface area (Å²) in [4.78, 5) is 52.0. The van der Waals surface area contributed by atoms with Gasteiger partial charge >= 0.3 is 22.2 Å². The summed E-state index contributed by atoms with van der Waals surface area (Å²) in [6, 6.07) is 1.54. The van der Waals surface area contributed by atoms with Gasteiger partial charge in [0.2, 0.25) is 0 Å². The van der Waals surface area contributed by atoms with Crippen LogP contribution in [0.2, 0.25) is 5.02 Å². The van der Waals surface area contributed by atoms with Gasteiger partial charge in [0, 0.05) is 12.1 Å². The van der Waals surface area contributed by atoms with Crippen molar-refractivity contribution in [1.82, 2.24) is 19.9 Å². The maximum Gasteiger partial charge on any atom is 0.314 e. The van der Waals surface area contributed by atoms with Crippen molar-refractivity contribution in [1.29, 1.82) is 0 Å². The predicted molar refractivity (Wildman–Crippen MR) is 103 cm³/mol. The molecule has 0 aliphatic heterocycles. The topological polar surface area (TPSA) is 131 Å². The summed E-state index contributed by atoms with van der Waals surface area (Å²) < 4.78 is 51.6. The second-order valence-corrected chi connectivity index (χ2v) is 6.81. The molecule has 0 aliphatic rings.